The molecule has 5 nitrogen and oxygen atoms in total. The van der Waals surface area contributed by atoms with Crippen molar-refractivity contribution in [2.24, 2.45) is 44.6 Å². The normalized spacial score (nSPS) is 51.0. The Hall–Kier alpha value is -1.30. The summed E-state index contributed by atoms with van der Waals surface area (Å²) in [4.78, 5) is 23.2. The molecule has 30 heavy (non-hydrogen) atoms. The highest BCUT2D eigenvalue weighted by Crippen LogP contribution is 2.64. The summed E-state index contributed by atoms with van der Waals surface area (Å²) in [5.74, 6) is 1.36. The molecule has 1 N–H and O–H groups in total. The Kier molecular flexibility index (Phi) is 5.07. The van der Waals surface area contributed by atoms with E-state index in [0.29, 0.717) is 24.2 Å². The lowest BCUT2D eigenvalue weighted by Crippen LogP contribution is -2.56. The zero-order chi connectivity index (χ0) is 21.1. The number of Topliss-reactive ketones (excluding diaryl/α,β-unsaturated/α-hetero) is 1. The van der Waals surface area contributed by atoms with Crippen LogP contribution in [0.1, 0.15) is 65.2 Å². The predicted molar refractivity (Wildman–Crippen MR) is 116 cm³/mol. The third kappa shape index (κ3) is 3.00. The van der Waals surface area contributed by atoms with E-state index in [1.165, 1.54) is 11.4 Å². The van der Waals surface area contributed by atoms with Crippen molar-refractivity contribution >= 4 is 17.2 Å². The number of hydrogen-bond donors (Lipinski definition) is 1. The van der Waals surface area contributed by atoms with Crippen LogP contribution in [0.5, 0.6) is 0 Å². The number of oxime groups is 1. The van der Waals surface area contributed by atoms with Crippen molar-refractivity contribution in [1.82, 2.24) is 5.32 Å². The lowest BCUT2D eigenvalue weighted by molar-refractivity contribution is -0.135. The van der Waals surface area contributed by atoms with Crippen molar-refractivity contribution < 1.29 is 14.0 Å². The van der Waals surface area contributed by atoms with Crippen molar-refractivity contribution in [3.63, 3.8) is 0 Å². The first kappa shape index (κ1) is 20.6. The fraction of sp³-hybridized carbons (Fsp3) is 0.875. The van der Waals surface area contributed by atoms with Gasteiger partial charge in [-0.3, -0.25) is 9.79 Å². The van der Waals surface area contributed by atoms with Crippen molar-refractivity contribution in [3.8, 4) is 0 Å². The minimum Gasteiger partial charge on any atom is -0.391 e. The number of carbonyl (C=O) groups is 1. The molecule has 0 radical (unpaired) electrons. The Morgan fingerprint density at radius 3 is 2.73 bits per heavy atom. The lowest BCUT2D eigenvalue weighted by atomic mass is 9.45. The van der Waals surface area contributed by atoms with E-state index in [1.807, 2.05) is 14.0 Å². The quantitative estimate of drug-likeness (QED) is 0.692. The van der Waals surface area contributed by atoms with Crippen LogP contribution < -0.4 is 5.32 Å². The SMILES string of the molecule is CN=C1CC2C3CC(F)C(=O)C3(C)CCC2[C@@]2(C)CC/C(=N\OC3CCNC3)CC12. The van der Waals surface area contributed by atoms with Gasteiger partial charge in [-0.1, -0.05) is 19.0 Å². The van der Waals surface area contributed by atoms with Crippen LogP contribution in [0, 0.1) is 34.5 Å². The highest BCUT2D eigenvalue weighted by molar-refractivity contribution is 5.96. The molecule has 6 heteroatoms. The second-order valence-electron chi connectivity index (χ2n) is 11.0. The van der Waals surface area contributed by atoms with Crippen LogP contribution in [0.3, 0.4) is 0 Å². The van der Waals surface area contributed by atoms with Gasteiger partial charge in [0.25, 0.3) is 0 Å². The third-order valence-electron chi connectivity index (χ3n) is 9.65. The zero-order valence-corrected chi connectivity index (χ0v) is 18.6. The Balaban J connectivity index is 1.39. The van der Waals surface area contributed by atoms with Gasteiger partial charge in [0.15, 0.2) is 12.0 Å². The molecule has 5 aliphatic rings. The van der Waals surface area contributed by atoms with E-state index in [9.17, 15) is 9.18 Å². The predicted octanol–water partition coefficient (Wildman–Crippen LogP) is 3.96. The molecule has 0 amide bonds. The topological polar surface area (TPSA) is 63.0 Å². The molecule has 1 heterocycles. The van der Waals surface area contributed by atoms with Gasteiger partial charge in [-0.25, -0.2) is 4.39 Å². The Morgan fingerprint density at radius 1 is 1.17 bits per heavy atom. The molecule has 7 unspecified atom stereocenters. The van der Waals surface area contributed by atoms with Crippen LogP contribution >= 0.6 is 0 Å². The maximum absolute atomic E-state index is 14.5. The van der Waals surface area contributed by atoms with E-state index < -0.39 is 11.6 Å². The molecule has 166 valence electrons. The average molecular weight is 418 g/mol. The molecule has 8 atom stereocenters. The second-order valence-corrected chi connectivity index (χ2v) is 11.0. The molecule has 0 aromatic rings. The van der Waals surface area contributed by atoms with Crippen LogP contribution in [0.4, 0.5) is 4.39 Å². The molecular weight excluding hydrogens is 381 g/mol. The van der Waals surface area contributed by atoms with E-state index >= 15 is 0 Å². The van der Waals surface area contributed by atoms with Gasteiger partial charge >= 0.3 is 0 Å². The summed E-state index contributed by atoms with van der Waals surface area (Å²) in [7, 11) is 1.90. The summed E-state index contributed by atoms with van der Waals surface area (Å²) in [6, 6.07) is 0. The maximum Gasteiger partial charge on any atom is 0.173 e. The molecule has 0 aromatic carbocycles. The molecule has 0 spiro atoms. The van der Waals surface area contributed by atoms with Gasteiger partial charge < -0.3 is 10.2 Å². The van der Waals surface area contributed by atoms with Crippen LogP contribution in [-0.4, -0.2) is 49.6 Å². The molecule has 4 aliphatic carbocycles. The largest absolute Gasteiger partial charge is 0.391 e. The number of aliphatic imine (C=N–C) groups is 1. The van der Waals surface area contributed by atoms with E-state index in [2.05, 4.69) is 17.4 Å². The number of halogens is 1. The number of rotatable bonds is 2. The molecule has 1 saturated heterocycles. The van der Waals surface area contributed by atoms with E-state index in [-0.39, 0.29) is 23.2 Å². The van der Waals surface area contributed by atoms with Gasteiger partial charge in [-0.2, -0.15) is 0 Å². The smallest absolute Gasteiger partial charge is 0.173 e. The van der Waals surface area contributed by atoms with E-state index in [0.717, 1.165) is 58.0 Å². The number of alkyl halides is 1. The molecule has 0 aromatic heterocycles. The maximum atomic E-state index is 14.5. The number of nitrogens with zero attached hydrogens (tertiary/aromatic N) is 2. The van der Waals surface area contributed by atoms with Crippen LogP contribution in [0.15, 0.2) is 10.1 Å². The van der Waals surface area contributed by atoms with Gasteiger partial charge in [0.2, 0.25) is 0 Å². The molecular formula is C24H36FN3O2. The van der Waals surface area contributed by atoms with Crippen molar-refractivity contribution in [2.45, 2.75) is 77.5 Å². The summed E-state index contributed by atoms with van der Waals surface area (Å²) in [6.45, 7) is 6.37. The summed E-state index contributed by atoms with van der Waals surface area (Å²) in [6.07, 6.45) is 6.17. The third-order valence-corrected chi connectivity index (χ3v) is 9.65. The summed E-state index contributed by atoms with van der Waals surface area (Å²) >= 11 is 0. The fourth-order valence-electron chi connectivity index (χ4n) is 7.82. The van der Waals surface area contributed by atoms with Gasteiger partial charge in [-0.05, 0) is 74.7 Å². The number of ketones is 1. The first-order chi connectivity index (χ1) is 14.4. The van der Waals surface area contributed by atoms with Crippen molar-refractivity contribution in [2.75, 3.05) is 20.1 Å². The summed E-state index contributed by atoms with van der Waals surface area (Å²) < 4.78 is 14.5. The number of fused-ring (bicyclic) bond motifs is 5. The highest BCUT2D eigenvalue weighted by Gasteiger charge is 2.63. The van der Waals surface area contributed by atoms with E-state index in [1.54, 1.807) is 0 Å². The molecule has 5 fully saturated rings. The minimum absolute atomic E-state index is 0.134. The average Bonchev–Trinajstić information content (AvgIpc) is 3.33. The standard InChI is InChI=1S/C24H36FN3O2/c1-23-7-4-14(28-30-15-6-9-27-13-15)10-19(23)21(26-3)11-16-17(23)5-8-24(2)18(16)12-20(25)22(24)29/h15-20,27H,4-13H2,1-3H3/b26-21?,28-14+/t15?,16?,17?,18?,19?,20?,23-,24?/m1/s1. The van der Waals surface area contributed by atoms with Crippen molar-refractivity contribution in [1.29, 1.82) is 0 Å². The molecule has 1 aliphatic heterocycles. The zero-order valence-electron chi connectivity index (χ0n) is 18.6. The van der Waals surface area contributed by atoms with Gasteiger partial charge in [0.05, 0.1) is 5.71 Å². The van der Waals surface area contributed by atoms with Crippen molar-refractivity contribution in [3.05, 3.63) is 0 Å². The Bertz CT molecular complexity index is 776. The van der Waals surface area contributed by atoms with E-state index in [4.69, 9.17) is 9.83 Å². The molecule has 5 rings (SSSR count). The Labute approximate surface area is 179 Å². The van der Waals surface area contributed by atoms with Crippen LogP contribution in [-0.2, 0) is 9.63 Å². The monoisotopic (exact) mass is 417 g/mol. The van der Waals surface area contributed by atoms with Crippen LogP contribution in [0.2, 0.25) is 0 Å². The minimum atomic E-state index is -1.27. The summed E-state index contributed by atoms with van der Waals surface area (Å²) in [5, 5.41) is 7.89. The summed E-state index contributed by atoms with van der Waals surface area (Å²) in [5.41, 5.74) is 2.12. The number of nitrogens with one attached hydrogen (secondary N) is 1. The molecule has 4 saturated carbocycles. The fourth-order valence-corrected chi connectivity index (χ4v) is 7.82. The van der Waals surface area contributed by atoms with Gasteiger partial charge in [0.1, 0.15) is 6.10 Å². The number of hydrogen-bond acceptors (Lipinski definition) is 5. The Morgan fingerprint density at radius 2 is 2.00 bits per heavy atom. The highest BCUT2D eigenvalue weighted by atomic mass is 19.1. The second kappa shape index (κ2) is 7.39. The first-order valence-electron chi connectivity index (χ1n) is 11.9. The van der Waals surface area contributed by atoms with Gasteiger partial charge in [0, 0.05) is 37.1 Å². The van der Waals surface area contributed by atoms with Gasteiger partial charge in [-0.15, -0.1) is 0 Å². The first-order valence-corrected chi connectivity index (χ1v) is 11.9. The molecule has 0 bridgehead atoms. The number of carbonyl (C=O) groups excluding carboxylic acids is 1. The lowest BCUT2D eigenvalue weighted by Gasteiger charge is -2.59. The van der Waals surface area contributed by atoms with Crippen LogP contribution in [0.25, 0.3) is 0 Å².